The van der Waals surface area contributed by atoms with Gasteiger partial charge in [-0.25, -0.2) is 0 Å². The lowest BCUT2D eigenvalue weighted by atomic mass is 9.83. The molecule has 0 unspecified atom stereocenters. The molecule has 2 aliphatic rings. The zero-order valence-electron chi connectivity index (χ0n) is 8.26. The molecule has 1 nitrogen and oxygen atoms in total. The van der Waals surface area contributed by atoms with Crippen LogP contribution >= 0.6 is 0 Å². The molecule has 0 aromatic carbocycles. The summed E-state index contributed by atoms with van der Waals surface area (Å²) in [7, 11) is 0. The van der Waals surface area contributed by atoms with E-state index in [1.165, 1.54) is 51.6 Å². The fraction of sp³-hybridized carbons (Fsp3) is 1.00. The maximum atomic E-state index is 2.69. The first kappa shape index (κ1) is 8.55. The lowest BCUT2D eigenvalue weighted by Gasteiger charge is -2.41. The molecule has 70 valence electrons. The van der Waals surface area contributed by atoms with E-state index in [1.54, 1.807) is 0 Å². The van der Waals surface area contributed by atoms with Crippen LogP contribution in [0.5, 0.6) is 0 Å². The number of likely N-dealkylation sites (tertiary alicyclic amines) is 1. The van der Waals surface area contributed by atoms with Crippen molar-refractivity contribution in [2.24, 2.45) is 5.92 Å². The SMILES string of the molecule is CCC1CCC(N2CCC2)CC1. The molecule has 2 rings (SSSR count). The molecule has 1 heterocycles. The maximum Gasteiger partial charge on any atom is 0.00954 e. The Morgan fingerprint density at radius 1 is 1.08 bits per heavy atom. The smallest absolute Gasteiger partial charge is 0.00954 e. The van der Waals surface area contributed by atoms with E-state index in [0.29, 0.717) is 0 Å². The van der Waals surface area contributed by atoms with Gasteiger partial charge in [-0.15, -0.1) is 0 Å². The predicted molar refractivity (Wildman–Crippen MR) is 52.2 cm³/mol. The third-order valence-corrected chi connectivity index (χ3v) is 3.80. The molecular formula is C11H21N. The predicted octanol–water partition coefficient (Wildman–Crippen LogP) is 2.66. The van der Waals surface area contributed by atoms with Crippen molar-refractivity contribution in [3.05, 3.63) is 0 Å². The fourth-order valence-electron chi connectivity index (χ4n) is 2.62. The summed E-state index contributed by atoms with van der Waals surface area (Å²) in [5.74, 6) is 1.06. The molecular weight excluding hydrogens is 146 g/mol. The Kier molecular flexibility index (Phi) is 2.69. The molecule has 0 aromatic heterocycles. The van der Waals surface area contributed by atoms with Gasteiger partial charge < -0.3 is 4.90 Å². The number of rotatable bonds is 2. The van der Waals surface area contributed by atoms with E-state index in [9.17, 15) is 0 Å². The molecule has 0 N–H and O–H groups in total. The lowest BCUT2D eigenvalue weighted by molar-refractivity contribution is 0.0784. The molecule has 0 atom stereocenters. The zero-order chi connectivity index (χ0) is 8.39. The van der Waals surface area contributed by atoms with E-state index < -0.39 is 0 Å². The van der Waals surface area contributed by atoms with Crippen LogP contribution in [0.1, 0.15) is 45.4 Å². The highest BCUT2D eigenvalue weighted by atomic mass is 15.2. The molecule has 0 amide bonds. The Labute approximate surface area is 76.1 Å². The van der Waals surface area contributed by atoms with E-state index in [-0.39, 0.29) is 0 Å². The molecule has 2 fully saturated rings. The van der Waals surface area contributed by atoms with Crippen LogP contribution in [0.15, 0.2) is 0 Å². The largest absolute Gasteiger partial charge is 0.300 e. The third-order valence-electron chi connectivity index (χ3n) is 3.80. The third kappa shape index (κ3) is 1.66. The van der Waals surface area contributed by atoms with E-state index in [2.05, 4.69) is 11.8 Å². The maximum absolute atomic E-state index is 2.69. The van der Waals surface area contributed by atoms with Crippen LogP contribution in [0.25, 0.3) is 0 Å². The number of hydrogen-bond acceptors (Lipinski definition) is 1. The van der Waals surface area contributed by atoms with Crippen LogP contribution in [-0.4, -0.2) is 24.0 Å². The van der Waals surface area contributed by atoms with Crippen molar-refractivity contribution in [3.63, 3.8) is 0 Å². The monoisotopic (exact) mass is 167 g/mol. The minimum Gasteiger partial charge on any atom is -0.300 e. The minimum atomic E-state index is 0.974. The summed E-state index contributed by atoms with van der Waals surface area (Å²) in [6.07, 6.45) is 8.83. The van der Waals surface area contributed by atoms with Crippen LogP contribution in [0.2, 0.25) is 0 Å². The molecule has 0 radical (unpaired) electrons. The Morgan fingerprint density at radius 3 is 2.17 bits per heavy atom. The van der Waals surface area contributed by atoms with Gasteiger partial charge in [-0.2, -0.15) is 0 Å². The van der Waals surface area contributed by atoms with E-state index in [4.69, 9.17) is 0 Å². The van der Waals surface area contributed by atoms with Crippen molar-refractivity contribution in [1.29, 1.82) is 0 Å². The van der Waals surface area contributed by atoms with Gasteiger partial charge in [0, 0.05) is 6.04 Å². The second kappa shape index (κ2) is 3.78. The summed E-state index contributed by atoms with van der Waals surface area (Å²) in [5, 5.41) is 0. The summed E-state index contributed by atoms with van der Waals surface area (Å²) in [4.78, 5) is 2.69. The topological polar surface area (TPSA) is 3.24 Å². The molecule has 12 heavy (non-hydrogen) atoms. The van der Waals surface area contributed by atoms with Gasteiger partial charge in [0.25, 0.3) is 0 Å². The summed E-state index contributed by atoms with van der Waals surface area (Å²) in [6, 6.07) is 0.974. The highest BCUT2D eigenvalue weighted by Gasteiger charge is 2.27. The average molecular weight is 167 g/mol. The van der Waals surface area contributed by atoms with Crippen LogP contribution in [0, 0.1) is 5.92 Å². The van der Waals surface area contributed by atoms with Gasteiger partial charge in [-0.3, -0.25) is 0 Å². The van der Waals surface area contributed by atoms with Crippen molar-refractivity contribution in [2.75, 3.05) is 13.1 Å². The summed E-state index contributed by atoms with van der Waals surface area (Å²) in [6.45, 7) is 5.12. The Hall–Kier alpha value is -0.0400. The Balaban J connectivity index is 1.74. The minimum absolute atomic E-state index is 0.974. The summed E-state index contributed by atoms with van der Waals surface area (Å²) in [5.41, 5.74) is 0. The Bertz CT molecular complexity index is 132. The normalized spacial score (nSPS) is 37.8. The van der Waals surface area contributed by atoms with E-state index >= 15 is 0 Å². The average Bonchev–Trinajstić information content (AvgIpc) is 2.03. The van der Waals surface area contributed by atoms with Gasteiger partial charge in [0.2, 0.25) is 0 Å². The van der Waals surface area contributed by atoms with Crippen molar-refractivity contribution in [2.45, 2.75) is 51.5 Å². The zero-order valence-corrected chi connectivity index (χ0v) is 8.26. The van der Waals surface area contributed by atoms with Crippen LogP contribution in [0.4, 0.5) is 0 Å². The first-order valence-electron chi connectivity index (χ1n) is 5.64. The first-order chi connectivity index (χ1) is 5.90. The summed E-state index contributed by atoms with van der Waals surface area (Å²) >= 11 is 0. The molecule has 0 bridgehead atoms. The van der Waals surface area contributed by atoms with Crippen molar-refractivity contribution >= 4 is 0 Å². The van der Waals surface area contributed by atoms with Crippen molar-refractivity contribution < 1.29 is 0 Å². The highest BCUT2D eigenvalue weighted by Crippen LogP contribution is 2.31. The molecule has 0 aromatic rings. The standard InChI is InChI=1S/C11H21N/c1-2-10-4-6-11(7-5-10)12-8-3-9-12/h10-11H,2-9H2,1H3. The van der Waals surface area contributed by atoms with E-state index in [0.717, 1.165) is 12.0 Å². The lowest BCUT2D eigenvalue weighted by Crippen LogP contribution is -2.46. The molecule has 0 spiro atoms. The number of hydrogen-bond donors (Lipinski definition) is 0. The second-order valence-corrected chi connectivity index (χ2v) is 4.47. The molecule has 1 saturated heterocycles. The van der Waals surface area contributed by atoms with Gasteiger partial charge in [0.15, 0.2) is 0 Å². The van der Waals surface area contributed by atoms with Gasteiger partial charge in [-0.05, 0) is 51.1 Å². The van der Waals surface area contributed by atoms with Crippen molar-refractivity contribution in [1.82, 2.24) is 4.90 Å². The van der Waals surface area contributed by atoms with Crippen LogP contribution in [-0.2, 0) is 0 Å². The van der Waals surface area contributed by atoms with E-state index in [1.807, 2.05) is 0 Å². The first-order valence-corrected chi connectivity index (χ1v) is 5.64. The van der Waals surface area contributed by atoms with Gasteiger partial charge in [-0.1, -0.05) is 13.3 Å². The second-order valence-electron chi connectivity index (χ2n) is 4.47. The molecule has 1 aliphatic carbocycles. The summed E-state index contributed by atoms with van der Waals surface area (Å²) < 4.78 is 0. The molecule has 1 saturated carbocycles. The quantitative estimate of drug-likeness (QED) is 0.611. The molecule has 1 aliphatic heterocycles. The Morgan fingerprint density at radius 2 is 1.75 bits per heavy atom. The van der Waals surface area contributed by atoms with Gasteiger partial charge >= 0.3 is 0 Å². The number of nitrogens with zero attached hydrogens (tertiary/aromatic N) is 1. The van der Waals surface area contributed by atoms with Gasteiger partial charge in [0.05, 0.1) is 0 Å². The van der Waals surface area contributed by atoms with Crippen LogP contribution < -0.4 is 0 Å². The highest BCUT2D eigenvalue weighted by molar-refractivity contribution is 4.83. The van der Waals surface area contributed by atoms with Crippen LogP contribution in [0.3, 0.4) is 0 Å². The fourth-order valence-corrected chi connectivity index (χ4v) is 2.62. The van der Waals surface area contributed by atoms with Gasteiger partial charge in [0.1, 0.15) is 0 Å². The van der Waals surface area contributed by atoms with Crippen molar-refractivity contribution in [3.8, 4) is 0 Å². The molecule has 1 heteroatoms.